The maximum absolute atomic E-state index is 12.7. The van der Waals surface area contributed by atoms with Gasteiger partial charge in [-0.2, -0.15) is 0 Å². The number of amides is 1. The van der Waals surface area contributed by atoms with Crippen LogP contribution in [0.25, 0.3) is 0 Å². The SMILES string of the molecule is Cc1cc(C(=O)NCCc2ccc(F)cc2)cs1. The molecular formula is C14H14FNOS. The highest BCUT2D eigenvalue weighted by atomic mass is 32.1. The molecule has 2 aromatic rings. The minimum atomic E-state index is -0.239. The van der Waals surface area contributed by atoms with E-state index in [0.717, 1.165) is 10.4 Å². The van der Waals surface area contributed by atoms with Crippen molar-refractivity contribution in [2.75, 3.05) is 6.54 Å². The van der Waals surface area contributed by atoms with Gasteiger partial charge in [0.15, 0.2) is 0 Å². The lowest BCUT2D eigenvalue weighted by Gasteiger charge is -2.04. The Hall–Kier alpha value is -1.68. The van der Waals surface area contributed by atoms with Crippen LogP contribution in [0.3, 0.4) is 0 Å². The summed E-state index contributed by atoms with van der Waals surface area (Å²) in [6.07, 6.45) is 0.704. The molecule has 0 atom stereocenters. The fraction of sp³-hybridized carbons (Fsp3) is 0.214. The molecule has 0 saturated carbocycles. The van der Waals surface area contributed by atoms with Crippen molar-refractivity contribution in [2.24, 2.45) is 0 Å². The first-order valence-corrected chi connectivity index (χ1v) is 6.61. The van der Waals surface area contributed by atoms with Crippen LogP contribution in [0.5, 0.6) is 0 Å². The molecule has 0 aliphatic carbocycles. The summed E-state index contributed by atoms with van der Waals surface area (Å²) < 4.78 is 12.7. The average molecular weight is 263 g/mol. The summed E-state index contributed by atoms with van der Waals surface area (Å²) in [5.74, 6) is -0.294. The van der Waals surface area contributed by atoms with Crippen LogP contribution in [0.15, 0.2) is 35.7 Å². The molecule has 0 aliphatic heterocycles. The minimum absolute atomic E-state index is 0.0542. The van der Waals surface area contributed by atoms with E-state index in [2.05, 4.69) is 5.32 Å². The molecule has 1 aromatic carbocycles. The highest BCUT2D eigenvalue weighted by Crippen LogP contribution is 2.12. The van der Waals surface area contributed by atoms with Crippen LogP contribution in [0.4, 0.5) is 4.39 Å². The van der Waals surface area contributed by atoms with Gasteiger partial charge in [0, 0.05) is 16.8 Å². The van der Waals surface area contributed by atoms with Gasteiger partial charge in [0.2, 0.25) is 0 Å². The zero-order chi connectivity index (χ0) is 13.0. The largest absolute Gasteiger partial charge is 0.352 e. The normalized spacial score (nSPS) is 10.3. The van der Waals surface area contributed by atoms with E-state index in [-0.39, 0.29) is 11.7 Å². The van der Waals surface area contributed by atoms with E-state index in [1.807, 2.05) is 18.4 Å². The van der Waals surface area contributed by atoms with Gasteiger partial charge >= 0.3 is 0 Å². The number of hydrogen-bond donors (Lipinski definition) is 1. The Morgan fingerprint density at radius 1 is 1.33 bits per heavy atom. The van der Waals surface area contributed by atoms with E-state index in [9.17, 15) is 9.18 Å². The number of nitrogens with one attached hydrogen (secondary N) is 1. The van der Waals surface area contributed by atoms with Gasteiger partial charge in [-0.25, -0.2) is 4.39 Å². The number of halogens is 1. The van der Waals surface area contributed by atoms with Gasteiger partial charge in [0.05, 0.1) is 5.56 Å². The second-order valence-corrected chi connectivity index (χ2v) is 5.19. The highest BCUT2D eigenvalue weighted by Gasteiger charge is 2.06. The summed E-state index contributed by atoms with van der Waals surface area (Å²) in [6, 6.07) is 8.20. The van der Waals surface area contributed by atoms with Gasteiger partial charge in [-0.15, -0.1) is 11.3 Å². The van der Waals surface area contributed by atoms with Crippen LogP contribution in [-0.4, -0.2) is 12.5 Å². The fourth-order valence-electron chi connectivity index (χ4n) is 1.64. The first-order chi connectivity index (χ1) is 8.65. The van der Waals surface area contributed by atoms with Crippen molar-refractivity contribution in [2.45, 2.75) is 13.3 Å². The van der Waals surface area contributed by atoms with E-state index in [1.165, 1.54) is 12.1 Å². The molecule has 1 aromatic heterocycles. The van der Waals surface area contributed by atoms with Crippen molar-refractivity contribution in [1.82, 2.24) is 5.32 Å². The third-order valence-corrected chi connectivity index (χ3v) is 3.47. The lowest BCUT2D eigenvalue weighted by Crippen LogP contribution is -2.25. The first-order valence-electron chi connectivity index (χ1n) is 5.73. The summed E-state index contributed by atoms with van der Waals surface area (Å²) in [7, 11) is 0. The van der Waals surface area contributed by atoms with Crippen molar-refractivity contribution in [1.29, 1.82) is 0 Å². The predicted molar refractivity (Wildman–Crippen MR) is 71.5 cm³/mol. The molecule has 18 heavy (non-hydrogen) atoms. The zero-order valence-electron chi connectivity index (χ0n) is 10.1. The molecule has 1 heterocycles. The Morgan fingerprint density at radius 3 is 2.67 bits per heavy atom. The molecule has 0 spiro atoms. The van der Waals surface area contributed by atoms with Crippen LogP contribution in [-0.2, 0) is 6.42 Å². The number of carbonyl (C=O) groups is 1. The first kappa shape index (κ1) is 12.8. The Morgan fingerprint density at radius 2 is 2.06 bits per heavy atom. The molecule has 0 saturated heterocycles. The molecule has 0 aliphatic rings. The summed E-state index contributed by atoms with van der Waals surface area (Å²) in [4.78, 5) is 12.9. The lowest BCUT2D eigenvalue weighted by atomic mass is 10.1. The average Bonchev–Trinajstić information content (AvgIpc) is 2.78. The molecule has 0 fully saturated rings. The van der Waals surface area contributed by atoms with Crippen LogP contribution >= 0.6 is 11.3 Å². The summed E-state index contributed by atoms with van der Waals surface area (Å²) in [5.41, 5.74) is 1.72. The Balaban J connectivity index is 1.82. The Kier molecular flexibility index (Phi) is 4.10. The Labute approximate surface area is 109 Å². The molecule has 2 nitrogen and oxygen atoms in total. The number of thiophene rings is 1. The summed E-state index contributed by atoms with van der Waals surface area (Å²) >= 11 is 1.56. The predicted octanol–water partition coefficient (Wildman–Crippen LogP) is 3.17. The lowest BCUT2D eigenvalue weighted by molar-refractivity contribution is 0.0954. The van der Waals surface area contributed by atoms with Crippen molar-refractivity contribution >= 4 is 17.2 Å². The molecular weight excluding hydrogens is 249 g/mol. The smallest absolute Gasteiger partial charge is 0.252 e. The minimum Gasteiger partial charge on any atom is -0.352 e. The van der Waals surface area contributed by atoms with E-state index < -0.39 is 0 Å². The van der Waals surface area contributed by atoms with Crippen LogP contribution < -0.4 is 5.32 Å². The molecule has 4 heteroatoms. The molecule has 2 rings (SSSR count). The van der Waals surface area contributed by atoms with Crippen molar-refractivity contribution in [3.8, 4) is 0 Å². The third kappa shape index (κ3) is 3.40. The van der Waals surface area contributed by atoms with E-state index in [0.29, 0.717) is 18.5 Å². The van der Waals surface area contributed by atoms with Gasteiger partial charge in [-0.05, 0) is 37.1 Å². The maximum Gasteiger partial charge on any atom is 0.252 e. The highest BCUT2D eigenvalue weighted by molar-refractivity contribution is 7.10. The number of hydrogen-bond acceptors (Lipinski definition) is 2. The number of carbonyl (C=O) groups excluding carboxylic acids is 1. The van der Waals surface area contributed by atoms with Gasteiger partial charge in [-0.3, -0.25) is 4.79 Å². The quantitative estimate of drug-likeness (QED) is 0.902. The summed E-state index contributed by atoms with van der Waals surface area (Å²) in [6.45, 7) is 2.53. The van der Waals surface area contributed by atoms with Crippen molar-refractivity contribution < 1.29 is 9.18 Å². The van der Waals surface area contributed by atoms with Gasteiger partial charge < -0.3 is 5.32 Å². The molecule has 0 unspecified atom stereocenters. The van der Waals surface area contributed by atoms with Gasteiger partial charge in [-0.1, -0.05) is 12.1 Å². The third-order valence-electron chi connectivity index (χ3n) is 2.61. The molecule has 94 valence electrons. The summed E-state index contributed by atoms with van der Waals surface area (Å²) in [5, 5.41) is 4.70. The zero-order valence-corrected chi connectivity index (χ0v) is 10.9. The monoisotopic (exact) mass is 263 g/mol. The second kappa shape index (κ2) is 5.78. The van der Waals surface area contributed by atoms with Gasteiger partial charge in [0.25, 0.3) is 5.91 Å². The molecule has 1 N–H and O–H groups in total. The van der Waals surface area contributed by atoms with Crippen molar-refractivity contribution in [3.63, 3.8) is 0 Å². The second-order valence-electron chi connectivity index (χ2n) is 4.08. The number of benzene rings is 1. The topological polar surface area (TPSA) is 29.1 Å². The Bertz CT molecular complexity index is 533. The van der Waals surface area contributed by atoms with E-state index in [1.54, 1.807) is 23.5 Å². The van der Waals surface area contributed by atoms with Crippen molar-refractivity contribution in [3.05, 3.63) is 57.5 Å². The maximum atomic E-state index is 12.7. The standard InChI is InChI=1S/C14H14FNOS/c1-10-8-12(9-18-10)14(17)16-7-6-11-2-4-13(15)5-3-11/h2-5,8-9H,6-7H2,1H3,(H,16,17). The molecule has 1 amide bonds. The number of aryl methyl sites for hydroxylation is 1. The van der Waals surface area contributed by atoms with E-state index >= 15 is 0 Å². The molecule has 0 bridgehead atoms. The van der Waals surface area contributed by atoms with Crippen LogP contribution in [0, 0.1) is 12.7 Å². The van der Waals surface area contributed by atoms with Crippen LogP contribution in [0.1, 0.15) is 20.8 Å². The molecule has 0 radical (unpaired) electrons. The number of rotatable bonds is 4. The van der Waals surface area contributed by atoms with E-state index in [4.69, 9.17) is 0 Å². The van der Waals surface area contributed by atoms with Crippen LogP contribution in [0.2, 0.25) is 0 Å². The fourth-order valence-corrected chi connectivity index (χ4v) is 2.32. The van der Waals surface area contributed by atoms with Gasteiger partial charge in [0.1, 0.15) is 5.82 Å².